The molecule has 0 saturated carbocycles. The molecule has 13 heavy (non-hydrogen) atoms. The number of aryl methyl sites for hydroxylation is 1. The van der Waals surface area contributed by atoms with Crippen LogP contribution in [-0.2, 0) is 0 Å². The summed E-state index contributed by atoms with van der Waals surface area (Å²) in [6, 6.07) is 1.55. The van der Waals surface area contributed by atoms with Crippen LogP contribution in [0.15, 0.2) is 12.3 Å². The maximum atomic E-state index is 11.7. The van der Waals surface area contributed by atoms with E-state index in [1.54, 1.807) is 13.0 Å². The maximum Gasteiger partial charge on any atom is 0.253 e. The normalized spacial score (nSPS) is 9.69. The van der Waals surface area contributed by atoms with Crippen LogP contribution in [0.25, 0.3) is 0 Å². The Morgan fingerprint density at radius 3 is 3.08 bits per heavy atom. The number of alkyl halides is 1. The van der Waals surface area contributed by atoms with Gasteiger partial charge in [0.2, 0.25) is 0 Å². The van der Waals surface area contributed by atoms with Crippen molar-refractivity contribution >= 4 is 5.91 Å². The molecule has 0 saturated heterocycles. The van der Waals surface area contributed by atoms with Gasteiger partial charge in [-0.3, -0.25) is 4.79 Å². The number of aromatic nitrogens is 2. The van der Waals surface area contributed by atoms with E-state index in [4.69, 9.17) is 0 Å². The van der Waals surface area contributed by atoms with Gasteiger partial charge in [0.15, 0.2) is 0 Å². The average molecular weight is 183 g/mol. The molecule has 4 nitrogen and oxygen atoms in total. The highest BCUT2D eigenvalue weighted by Crippen LogP contribution is 2.00. The van der Waals surface area contributed by atoms with E-state index in [1.807, 2.05) is 0 Å². The van der Waals surface area contributed by atoms with Crippen molar-refractivity contribution in [2.24, 2.45) is 0 Å². The topological polar surface area (TPSA) is 54.9 Å². The molecular formula is C8H10FN3O. The number of nitrogens with one attached hydrogen (secondary N) is 1. The van der Waals surface area contributed by atoms with E-state index in [1.165, 1.54) is 6.20 Å². The molecule has 0 atom stereocenters. The van der Waals surface area contributed by atoms with Gasteiger partial charge < -0.3 is 5.32 Å². The number of hydrogen-bond acceptors (Lipinski definition) is 3. The lowest BCUT2D eigenvalue weighted by molar-refractivity contribution is 0.0949. The minimum absolute atomic E-state index is 0.0284. The standard InChI is InChI=1S/C8H10FN3O/c1-6-7(2-4-11-12-6)8(13)10-5-3-9/h2,4H,3,5H2,1H3,(H,10,13). The third kappa shape index (κ3) is 2.47. The van der Waals surface area contributed by atoms with Crippen LogP contribution in [0.2, 0.25) is 0 Å². The van der Waals surface area contributed by atoms with E-state index in [2.05, 4.69) is 15.5 Å². The molecule has 0 unspecified atom stereocenters. The summed E-state index contributed by atoms with van der Waals surface area (Å²) in [6.07, 6.45) is 1.43. The van der Waals surface area contributed by atoms with E-state index >= 15 is 0 Å². The molecule has 0 fully saturated rings. The van der Waals surface area contributed by atoms with Crippen molar-refractivity contribution in [2.75, 3.05) is 13.2 Å². The molecule has 0 aromatic carbocycles. The summed E-state index contributed by atoms with van der Waals surface area (Å²) in [5.41, 5.74) is 0.974. The first-order valence-electron chi connectivity index (χ1n) is 3.88. The lowest BCUT2D eigenvalue weighted by atomic mass is 10.2. The van der Waals surface area contributed by atoms with E-state index in [-0.39, 0.29) is 12.5 Å². The van der Waals surface area contributed by atoms with Crippen LogP contribution in [0.4, 0.5) is 4.39 Å². The van der Waals surface area contributed by atoms with Crippen molar-refractivity contribution in [2.45, 2.75) is 6.92 Å². The van der Waals surface area contributed by atoms with Crippen LogP contribution in [0.5, 0.6) is 0 Å². The van der Waals surface area contributed by atoms with Gasteiger partial charge >= 0.3 is 0 Å². The molecule has 0 bridgehead atoms. The molecule has 1 aromatic heterocycles. The van der Waals surface area contributed by atoms with Gasteiger partial charge in [0.05, 0.1) is 17.5 Å². The van der Waals surface area contributed by atoms with E-state index in [9.17, 15) is 9.18 Å². The summed E-state index contributed by atoms with van der Waals surface area (Å²) >= 11 is 0. The first-order chi connectivity index (χ1) is 6.25. The largest absolute Gasteiger partial charge is 0.349 e. The van der Waals surface area contributed by atoms with Crippen molar-refractivity contribution in [3.63, 3.8) is 0 Å². The number of nitrogens with zero attached hydrogens (tertiary/aromatic N) is 2. The molecule has 1 rings (SSSR count). The van der Waals surface area contributed by atoms with Crippen LogP contribution in [0.1, 0.15) is 16.1 Å². The molecule has 70 valence electrons. The van der Waals surface area contributed by atoms with Crippen molar-refractivity contribution in [1.29, 1.82) is 0 Å². The molecule has 0 aliphatic carbocycles. The van der Waals surface area contributed by atoms with Crippen LogP contribution >= 0.6 is 0 Å². The Morgan fingerprint density at radius 1 is 1.69 bits per heavy atom. The molecule has 0 radical (unpaired) electrons. The highest BCUT2D eigenvalue weighted by atomic mass is 19.1. The Labute approximate surface area is 75.2 Å². The van der Waals surface area contributed by atoms with Crippen LogP contribution in [0, 0.1) is 6.92 Å². The van der Waals surface area contributed by atoms with Crippen molar-refractivity contribution in [3.8, 4) is 0 Å². The monoisotopic (exact) mass is 183 g/mol. The summed E-state index contributed by atoms with van der Waals surface area (Å²) in [7, 11) is 0. The van der Waals surface area contributed by atoms with E-state index in [0.717, 1.165) is 0 Å². The molecule has 0 aliphatic rings. The summed E-state index contributed by atoms with van der Waals surface area (Å²) in [5.74, 6) is -0.315. The second-order valence-electron chi connectivity index (χ2n) is 2.48. The van der Waals surface area contributed by atoms with Gasteiger partial charge in [0, 0.05) is 6.54 Å². The van der Waals surface area contributed by atoms with Gasteiger partial charge in [-0.2, -0.15) is 10.2 Å². The third-order valence-corrected chi connectivity index (χ3v) is 1.53. The fraction of sp³-hybridized carbons (Fsp3) is 0.375. The fourth-order valence-electron chi connectivity index (χ4n) is 0.898. The molecule has 1 amide bonds. The molecule has 1 aromatic rings. The quantitative estimate of drug-likeness (QED) is 0.741. The van der Waals surface area contributed by atoms with Crippen LogP contribution < -0.4 is 5.32 Å². The Morgan fingerprint density at radius 2 is 2.46 bits per heavy atom. The zero-order chi connectivity index (χ0) is 9.68. The molecule has 1 N–H and O–H groups in total. The predicted molar refractivity (Wildman–Crippen MR) is 45.1 cm³/mol. The fourth-order valence-corrected chi connectivity index (χ4v) is 0.898. The van der Waals surface area contributed by atoms with Gasteiger partial charge in [-0.25, -0.2) is 4.39 Å². The Kier molecular flexibility index (Phi) is 3.31. The lowest BCUT2D eigenvalue weighted by Crippen LogP contribution is -2.26. The molecular weight excluding hydrogens is 173 g/mol. The SMILES string of the molecule is Cc1nnccc1C(=O)NCCF. The maximum absolute atomic E-state index is 11.7. The molecule has 0 spiro atoms. The highest BCUT2D eigenvalue weighted by Gasteiger charge is 2.07. The second-order valence-corrected chi connectivity index (χ2v) is 2.48. The highest BCUT2D eigenvalue weighted by molar-refractivity contribution is 5.94. The van der Waals surface area contributed by atoms with E-state index < -0.39 is 6.67 Å². The molecule has 0 aliphatic heterocycles. The zero-order valence-electron chi connectivity index (χ0n) is 7.25. The minimum atomic E-state index is -0.566. The van der Waals surface area contributed by atoms with Crippen LogP contribution in [-0.4, -0.2) is 29.3 Å². The Balaban J connectivity index is 2.71. The first-order valence-corrected chi connectivity index (χ1v) is 3.88. The number of carbonyl (C=O) groups is 1. The number of hydrogen-bond donors (Lipinski definition) is 1. The van der Waals surface area contributed by atoms with Gasteiger partial charge in [-0.15, -0.1) is 0 Å². The van der Waals surface area contributed by atoms with Crippen molar-refractivity contribution in [3.05, 3.63) is 23.5 Å². The predicted octanol–water partition coefficient (Wildman–Crippen LogP) is 0.484. The zero-order valence-corrected chi connectivity index (χ0v) is 7.25. The van der Waals surface area contributed by atoms with Crippen LogP contribution in [0.3, 0.4) is 0 Å². The number of amides is 1. The minimum Gasteiger partial charge on any atom is -0.349 e. The Bertz CT molecular complexity index is 303. The van der Waals surface area contributed by atoms with Gasteiger partial charge in [0.25, 0.3) is 5.91 Å². The summed E-state index contributed by atoms with van der Waals surface area (Å²) in [4.78, 5) is 11.3. The Hall–Kier alpha value is -1.52. The summed E-state index contributed by atoms with van der Waals surface area (Å²) < 4.78 is 11.7. The molecule has 5 heteroatoms. The van der Waals surface area contributed by atoms with E-state index in [0.29, 0.717) is 11.3 Å². The smallest absolute Gasteiger partial charge is 0.253 e. The van der Waals surface area contributed by atoms with Gasteiger partial charge in [0.1, 0.15) is 6.67 Å². The number of carbonyl (C=O) groups excluding carboxylic acids is 1. The third-order valence-electron chi connectivity index (χ3n) is 1.53. The lowest BCUT2D eigenvalue weighted by Gasteiger charge is -2.03. The van der Waals surface area contributed by atoms with Gasteiger partial charge in [-0.05, 0) is 13.0 Å². The van der Waals surface area contributed by atoms with Crippen molar-refractivity contribution < 1.29 is 9.18 Å². The van der Waals surface area contributed by atoms with Crippen molar-refractivity contribution in [1.82, 2.24) is 15.5 Å². The number of rotatable bonds is 3. The summed E-state index contributed by atoms with van der Waals surface area (Å²) in [6.45, 7) is 1.14. The molecule has 1 heterocycles. The summed E-state index contributed by atoms with van der Waals surface area (Å²) in [5, 5.41) is 9.71. The van der Waals surface area contributed by atoms with Gasteiger partial charge in [-0.1, -0.05) is 0 Å². The second kappa shape index (κ2) is 4.49. The number of halogens is 1. The first kappa shape index (κ1) is 9.57. The average Bonchev–Trinajstić information content (AvgIpc) is 2.15.